The number of rotatable bonds is 8. The number of amides is 1. The summed E-state index contributed by atoms with van der Waals surface area (Å²) in [5, 5.41) is 0. The molecule has 1 aliphatic rings. The van der Waals surface area contributed by atoms with E-state index in [2.05, 4.69) is 78.6 Å². The molecule has 0 unspecified atom stereocenters. The average Bonchev–Trinajstić information content (AvgIpc) is 2.65. The standard InChI is InChI=1S/C26H44N2O/c1-10-24(15-19(2)3)17-21(6)23(8)25(16-20(4)5)18-22(7)26(29)28-13-11-27(9)12-14-28/h10,17-20H,11-16H2,1-9H3/b21-17+,22-18+,24-10+,25-23+. The van der Waals surface area contributed by atoms with E-state index in [1.807, 2.05) is 11.8 Å². The highest BCUT2D eigenvalue weighted by Gasteiger charge is 2.20. The number of nitrogens with zero attached hydrogens (tertiary/aromatic N) is 2. The molecule has 0 aromatic rings. The Morgan fingerprint density at radius 1 is 0.862 bits per heavy atom. The predicted molar refractivity (Wildman–Crippen MR) is 127 cm³/mol. The van der Waals surface area contributed by atoms with Gasteiger partial charge in [-0.05, 0) is 76.1 Å². The number of hydrogen-bond donors (Lipinski definition) is 0. The van der Waals surface area contributed by atoms with Gasteiger partial charge in [-0.25, -0.2) is 0 Å². The molecule has 164 valence electrons. The second-order valence-corrected chi connectivity index (χ2v) is 9.46. The molecule has 1 fully saturated rings. The highest BCUT2D eigenvalue weighted by Crippen LogP contribution is 2.25. The minimum atomic E-state index is 0.183. The van der Waals surface area contributed by atoms with E-state index in [1.54, 1.807) is 0 Å². The SMILES string of the molecule is C/C=C(/C=C(C)/C(C)=C(/C=C(\C)C(=O)N1CCN(C)CC1)CC(C)C)CC(C)C. The van der Waals surface area contributed by atoms with Gasteiger partial charge in [0.25, 0.3) is 0 Å². The van der Waals surface area contributed by atoms with Gasteiger partial charge in [0.05, 0.1) is 0 Å². The molecule has 1 saturated heterocycles. The molecule has 0 bridgehead atoms. The smallest absolute Gasteiger partial charge is 0.249 e. The fraction of sp³-hybridized carbons (Fsp3) is 0.654. The van der Waals surface area contributed by atoms with Crippen molar-refractivity contribution in [1.29, 1.82) is 0 Å². The van der Waals surface area contributed by atoms with Crippen molar-refractivity contribution in [2.24, 2.45) is 11.8 Å². The van der Waals surface area contributed by atoms with Crippen LogP contribution in [0.3, 0.4) is 0 Å². The third kappa shape index (κ3) is 8.74. The number of carbonyl (C=O) groups excluding carboxylic acids is 1. The zero-order valence-corrected chi connectivity index (χ0v) is 20.4. The molecule has 1 aliphatic heterocycles. The van der Waals surface area contributed by atoms with Crippen molar-refractivity contribution >= 4 is 5.91 Å². The summed E-state index contributed by atoms with van der Waals surface area (Å²) in [7, 11) is 2.12. The Morgan fingerprint density at radius 3 is 1.90 bits per heavy atom. The highest BCUT2D eigenvalue weighted by atomic mass is 16.2. The first kappa shape index (κ1) is 25.4. The van der Waals surface area contributed by atoms with Gasteiger partial charge in [0.2, 0.25) is 5.91 Å². The lowest BCUT2D eigenvalue weighted by Gasteiger charge is -2.32. The topological polar surface area (TPSA) is 23.6 Å². The lowest BCUT2D eigenvalue weighted by molar-refractivity contribution is -0.128. The third-order valence-electron chi connectivity index (χ3n) is 5.64. The fourth-order valence-electron chi connectivity index (χ4n) is 3.71. The summed E-state index contributed by atoms with van der Waals surface area (Å²) in [5.74, 6) is 1.38. The zero-order valence-electron chi connectivity index (χ0n) is 20.4. The second kappa shape index (κ2) is 12.2. The van der Waals surface area contributed by atoms with E-state index < -0.39 is 0 Å². The van der Waals surface area contributed by atoms with E-state index in [-0.39, 0.29) is 5.91 Å². The Hall–Kier alpha value is -1.61. The molecule has 0 atom stereocenters. The molecule has 0 N–H and O–H groups in total. The largest absolute Gasteiger partial charge is 0.336 e. The maximum Gasteiger partial charge on any atom is 0.249 e. The van der Waals surface area contributed by atoms with E-state index in [9.17, 15) is 4.79 Å². The zero-order chi connectivity index (χ0) is 22.1. The summed E-state index contributed by atoms with van der Waals surface area (Å²) in [6.45, 7) is 21.1. The van der Waals surface area contributed by atoms with Gasteiger partial charge in [-0.1, -0.05) is 51.5 Å². The van der Waals surface area contributed by atoms with Crippen LogP contribution in [0.15, 0.2) is 46.1 Å². The molecule has 0 aromatic carbocycles. The Bertz CT molecular complexity index is 669. The summed E-state index contributed by atoms with van der Waals surface area (Å²) >= 11 is 0. The minimum absolute atomic E-state index is 0.183. The van der Waals surface area contributed by atoms with Crippen LogP contribution in [-0.2, 0) is 4.79 Å². The molecule has 0 radical (unpaired) electrons. The van der Waals surface area contributed by atoms with Crippen LogP contribution in [0.5, 0.6) is 0 Å². The highest BCUT2D eigenvalue weighted by molar-refractivity contribution is 5.93. The maximum atomic E-state index is 13.0. The van der Waals surface area contributed by atoms with Crippen molar-refractivity contribution in [3.05, 3.63) is 46.1 Å². The van der Waals surface area contributed by atoms with Crippen LogP contribution in [0.4, 0.5) is 0 Å². The molecule has 3 nitrogen and oxygen atoms in total. The minimum Gasteiger partial charge on any atom is -0.336 e. The first-order valence-electron chi connectivity index (χ1n) is 11.2. The van der Waals surface area contributed by atoms with Gasteiger partial charge in [0.15, 0.2) is 0 Å². The van der Waals surface area contributed by atoms with Gasteiger partial charge in [-0.2, -0.15) is 0 Å². The number of piperazine rings is 1. The molecular weight excluding hydrogens is 356 g/mol. The van der Waals surface area contributed by atoms with Gasteiger partial charge in [0, 0.05) is 31.8 Å². The normalized spacial score (nSPS) is 18.6. The van der Waals surface area contributed by atoms with Crippen molar-refractivity contribution in [3.63, 3.8) is 0 Å². The molecule has 0 saturated carbocycles. The van der Waals surface area contributed by atoms with Crippen LogP contribution in [0.25, 0.3) is 0 Å². The number of hydrogen-bond acceptors (Lipinski definition) is 2. The summed E-state index contributed by atoms with van der Waals surface area (Å²) in [6, 6.07) is 0. The van der Waals surface area contributed by atoms with Crippen molar-refractivity contribution in [3.8, 4) is 0 Å². The van der Waals surface area contributed by atoms with E-state index in [1.165, 1.54) is 22.3 Å². The Balaban J connectivity index is 3.15. The van der Waals surface area contributed by atoms with Crippen molar-refractivity contribution < 1.29 is 4.79 Å². The first-order chi connectivity index (χ1) is 13.5. The second-order valence-electron chi connectivity index (χ2n) is 9.46. The summed E-state index contributed by atoms with van der Waals surface area (Å²) in [4.78, 5) is 17.2. The van der Waals surface area contributed by atoms with E-state index in [4.69, 9.17) is 0 Å². The third-order valence-corrected chi connectivity index (χ3v) is 5.64. The molecule has 1 amide bonds. The van der Waals surface area contributed by atoms with E-state index in [0.717, 1.165) is 44.6 Å². The van der Waals surface area contributed by atoms with Crippen LogP contribution in [0, 0.1) is 11.8 Å². The average molecular weight is 401 g/mol. The molecule has 1 heterocycles. The van der Waals surface area contributed by atoms with E-state index >= 15 is 0 Å². The molecule has 3 heteroatoms. The van der Waals surface area contributed by atoms with Gasteiger partial charge in [-0.3, -0.25) is 4.79 Å². The lowest BCUT2D eigenvalue weighted by atomic mass is 9.91. The molecule has 29 heavy (non-hydrogen) atoms. The lowest BCUT2D eigenvalue weighted by Crippen LogP contribution is -2.47. The monoisotopic (exact) mass is 400 g/mol. The summed E-state index contributed by atoms with van der Waals surface area (Å²) in [6.07, 6.45) is 8.76. The molecule has 0 aromatic heterocycles. The van der Waals surface area contributed by atoms with Crippen LogP contribution >= 0.6 is 0 Å². The summed E-state index contributed by atoms with van der Waals surface area (Å²) in [5.41, 5.74) is 6.12. The van der Waals surface area contributed by atoms with Crippen LogP contribution in [-0.4, -0.2) is 48.9 Å². The van der Waals surface area contributed by atoms with Crippen LogP contribution in [0.1, 0.15) is 68.2 Å². The van der Waals surface area contributed by atoms with Gasteiger partial charge < -0.3 is 9.80 Å². The maximum absolute atomic E-state index is 13.0. The summed E-state index contributed by atoms with van der Waals surface area (Å²) < 4.78 is 0. The molecular formula is C26H44N2O. The van der Waals surface area contributed by atoms with Crippen molar-refractivity contribution in [2.45, 2.75) is 68.2 Å². The van der Waals surface area contributed by atoms with E-state index in [0.29, 0.717) is 11.8 Å². The van der Waals surface area contributed by atoms with Gasteiger partial charge in [0.1, 0.15) is 0 Å². The van der Waals surface area contributed by atoms with Gasteiger partial charge >= 0.3 is 0 Å². The molecule has 0 aliphatic carbocycles. The predicted octanol–water partition coefficient (Wildman–Crippen LogP) is 6.01. The van der Waals surface area contributed by atoms with Crippen molar-refractivity contribution in [2.75, 3.05) is 33.2 Å². The molecule has 0 spiro atoms. The van der Waals surface area contributed by atoms with Crippen molar-refractivity contribution in [1.82, 2.24) is 9.80 Å². The van der Waals surface area contributed by atoms with Gasteiger partial charge in [-0.15, -0.1) is 0 Å². The number of carbonyl (C=O) groups is 1. The Kier molecular flexibility index (Phi) is 10.7. The van der Waals surface area contributed by atoms with Crippen LogP contribution in [0.2, 0.25) is 0 Å². The fourth-order valence-corrected chi connectivity index (χ4v) is 3.71. The Labute approximate surface area is 180 Å². The van der Waals surface area contributed by atoms with Crippen LogP contribution < -0.4 is 0 Å². The number of allylic oxidation sites excluding steroid dienone is 7. The quantitative estimate of drug-likeness (QED) is 0.368. The first-order valence-corrected chi connectivity index (χ1v) is 11.2. The number of likely N-dealkylation sites (N-methyl/N-ethyl adjacent to an activating group) is 1. The molecule has 1 rings (SSSR count). The Morgan fingerprint density at radius 2 is 1.41 bits per heavy atom.